The lowest BCUT2D eigenvalue weighted by Crippen LogP contribution is -2.38. The van der Waals surface area contributed by atoms with Gasteiger partial charge in [0.15, 0.2) is 6.17 Å². The zero-order valence-corrected chi connectivity index (χ0v) is 4.55. The van der Waals surface area contributed by atoms with E-state index in [1.165, 1.54) is 0 Å². The fraction of sp³-hybridized carbons (Fsp3) is 0.500. The SMILES string of the molecule is O=C1NC2NCN=C2O1. The number of ether oxygens (including phenoxy) is 1. The standard InChI is InChI=1S/C4H5N3O2/c8-4-7-2-3(9-4)6-1-5-2/h2,5H,1H2,(H,7,8). The fourth-order valence-corrected chi connectivity index (χ4v) is 0.840. The lowest BCUT2D eigenvalue weighted by atomic mass is 10.5. The molecule has 2 rings (SSSR count). The molecule has 0 aliphatic carbocycles. The highest BCUT2D eigenvalue weighted by molar-refractivity contribution is 5.99. The maximum Gasteiger partial charge on any atom is 0.415 e. The molecule has 1 amide bonds. The van der Waals surface area contributed by atoms with Crippen molar-refractivity contribution in [3.63, 3.8) is 0 Å². The van der Waals surface area contributed by atoms with Gasteiger partial charge in [-0.25, -0.2) is 9.79 Å². The summed E-state index contributed by atoms with van der Waals surface area (Å²) in [5.74, 6) is 0.458. The molecule has 1 fully saturated rings. The van der Waals surface area contributed by atoms with Crippen LogP contribution in [-0.2, 0) is 4.74 Å². The van der Waals surface area contributed by atoms with E-state index < -0.39 is 6.09 Å². The quantitative estimate of drug-likeness (QED) is 0.439. The normalized spacial score (nSPS) is 30.9. The van der Waals surface area contributed by atoms with Crippen molar-refractivity contribution in [1.82, 2.24) is 10.6 Å². The Hall–Kier alpha value is -1.10. The van der Waals surface area contributed by atoms with Crippen LogP contribution in [0.25, 0.3) is 0 Å². The molecular weight excluding hydrogens is 122 g/mol. The van der Waals surface area contributed by atoms with Gasteiger partial charge in [-0.15, -0.1) is 0 Å². The monoisotopic (exact) mass is 127 g/mol. The second kappa shape index (κ2) is 1.44. The molecule has 0 aromatic heterocycles. The van der Waals surface area contributed by atoms with E-state index in [2.05, 4.69) is 20.4 Å². The van der Waals surface area contributed by atoms with E-state index in [-0.39, 0.29) is 6.17 Å². The van der Waals surface area contributed by atoms with Gasteiger partial charge in [-0.05, 0) is 0 Å². The van der Waals surface area contributed by atoms with Crippen molar-refractivity contribution in [2.75, 3.05) is 6.67 Å². The Labute approximate surface area is 51.1 Å². The van der Waals surface area contributed by atoms with Crippen LogP contribution in [0.3, 0.4) is 0 Å². The summed E-state index contributed by atoms with van der Waals surface area (Å²) in [6, 6.07) is 0. The highest BCUT2D eigenvalue weighted by Gasteiger charge is 2.32. The first kappa shape index (κ1) is 4.75. The Kier molecular flexibility index (Phi) is 0.762. The molecule has 2 heterocycles. The van der Waals surface area contributed by atoms with Crippen molar-refractivity contribution in [2.45, 2.75) is 6.17 Å². The van der Waals surface area contributed by atoms with Gasteiger partial charge in [0.05, 0.1) is 6.67 Å². The van der Waals surface area contributed by atoms with E-state index in [4.69, 9.17) is 0 Å². The number of hydrogen-bond acceptors (Lipinski definition) is 4. The fourth-order valence-electron chi connectivity index (χ4n) is 0.840. The summed E-state index contributed by atoms with van der Waals surface area (Å²) in [6.45, 7) is 0.528. The molecule has 1 saturated heterocycles. The summed E-state index contributed by atoms with van der Waals surface area (Å²) in [6.07, 6.45) is -0.594. The predicted molar refractivity (Wildman–Crippen MR) is 28.8 cm³/mol. The number of alkyl carbamates (subject to hydrolysis) is 1. The van der Waals surface area contributed by atoms with Crippen LogP contribution in [0.1, 0.15) is 0 Å². The van der Waals surface area contributed by atoms with Gasteiger partial charge in [-0.3, -0.25) is 10.6 Å². The van der Waals surface area contributed by atoms with Gasteiger partial charge in [-0.2, -0.15) is 0 Å². The number of nitrogens with one attached hydrogen (secondary N) is 2. The molecule has 48 valence electrons. The number of nitrogens with zero attached hydrogens (tertiary/aromatic N) is 1. The lowest BCUT2D eigenvalue weighted by molar-refractivity contribution is 0.207. The zero-order valence-electron chi connectivity index (χ0n) is 4.55. The molecule has 2 aliphatic rings. The topological polar surface area (TPSA) is 62.7 Å². The van der Waals surface area contributed by atoms with Crippen LogP contribution >= 0.6 is 0 Å². The first-order valence-electron chi connectivity index (χ1n) is 2.62. The van der Waals surface area contributed by atoms with E-state index in [1.54, 1.807) is 0 Å². The van der Waals surface area contributed by atoms with Crippen molar-refractivity contribution in [1.29, 1.82) is 0 Å². The van der Waals surface area contributed by atoms with Gasteiger partial charge in [0, 0.05) is 0 Å². The summed E-state index contributed by atoms with van der Waals surface area (Å²) < 4.78 is 4.62. The van der Waals surface area contributed by atoms with Gasteiger partial charge in [0.1, 0.15) is 0 Å². The summed E-state index contributed by atoms with van der Waals surface area (Å²) >= 11 is 0. The van der Waals surface area contributed by atoms with Crippen LogP contribution in [0, 0.1) is 0 Å². The molecule has 5 heteroatoms. The molecule has 1 atom stereocenters. The van der Waals surface area contributed by atoms with Crippen molar-refractivity contribution in [3.05, 3.63) is 0 Å². The lowest BCUT2D eigenvalue weighted by Gasteiger charge is -1.97. The smallest absolute Gasteiger partial charge is 0.392 e. The maximum absolute atomic E-state index is 10.4. The third kappa shape index (κ3) is 0.580. The van der Waals surface area contributed by atoms with Crippen LogP contribution < -0.4 is 10.6 Å². The molecule has 5 nitrogen and oxygen atoms in total. The molecule has 0 bridgehead atoms. The molecular formula is C4H5N3O2. The Bertz CT molecular complexity index is 188. The van der Waals surface area contributed by atoms with Crippen LogP contribution in [-0.4, -0.2) is 24.8 Å². The number of carbonyl (C=O) groups excluding carboxylic acids is 1. The van der Waals surface area contributed by atoms with Crippen molar-refractivity contribution >= 4 is 12.0 Å². The molecule has 2 N–H and O–H groups in total. The number of fused-ring (bicyclic) bond motifs is 1. The van der Waals surface area contributed by atoms with E-state index in [0.717, 1.165) is 0 Å². The molecule has 0 radical (unpaired) electrons. The van der Waals surface area contributed by atoms with Gasteiger partial charge < -0.3 is 4.74 Å². The van der Waals surface area contributed by atoms with Crippen molar-refractivity contribution in [3.8, 4) is 0 Å². The number of rotatable bonds is 0. The minimum Gasteiger partial charge on any atom is -0.392 e. The zero-order chi connectivity index (χ0) is 6.27. The summed E-state index contributed by atoms with van der Waals surface area (Å²) in [4.78, 5) is 14.3. The highest BCUT2D eigenvalue weighted by Crippen LogP contribution is 2.03. The molecule has 0 aromatic carbocycles. The number of carbonyl (C=O) groups is 1. The molecule has 0 spiro atoms. The van der Waals surface area contributed by atoms with E-state index in [0.29, 0.717) is 12.6 Å². The molecule has 0 aromatic rings. The first-order valence-corrected chi connectivity index (χ1v) is 2.62. The second-order valence-corrected chi connectivity index (χ2v) is 1.83. The molecule has 1 unspecified atom stereocenters. The Morgan fingerprint density at radius 1 is 1.78 bits per heavy atom. The van der Waals surface area contributed by atoms with Crippen LogP contribution in [0.5, 0.6) is 0 Å². The third-order valence-corrected chi connectivity index (χ3v) is 1.24. The van der Waals surface area contributed by atoms with Crippen molar-refractivity contribution < 1.29 is 9.53 Å². The molecule has 9 heavy (non-hydrogen) atoms. The van der Waals surface area contributed by atoms with E-state index in [1.807, 2.05) is 0 Å². The van der Waals surface area contributed by atoms with Gasteiger partial charge >= 0.3 is 6.09 Å². The average Bonchev–Trinajstić information content (AvgIpc) is 2.22. The first-order chi connectivity index (χ1) is 4.36. The minimum absolute atomic E-state index is 0.169. The number of aliphatic imine (C=N–C) groups is 1. The average molecular weight is 127 g/mol. The Morgan fingerprint density at radius 3 is 3.44 bits per heavy atom. The molecule has 2 aliphatic heterocycles. The van der Waals surface area contributed by atoms with Crippen molar-refractivity contribution in [2.24, 2.45) is 4.99 Å². The minimum atomic E-state index is -0.425. The molecule has 0 saturated carbocycles. The third-order valence-electron chi connectivity index (χ3n) is 1.24. The number of amides is 1. The number of hydrogen-bond donors (Lipinski definition) is 2. The largest absolute Gasteiger partial charge is 0.415 e. The Morgan fingerprint density at radius 2 is 2.67 bits per heavy atom. The Balaban J connectivity index is 2.24. The van der Waals surface area contributed by atoms with Crippen LogP contribution in [0.15, 0.2) is 4.99 Å². The van der Waals surface area contributed by atoms with Crippen LogP contribution in [0.4, 0.5) is 4.79 Å². The highest BCUT2D eigenvalue weighted by atomic mass is 16.6. The summed E-state index contributed by atoms with van der Waals surface area (Å²) in [7, 11) is 0. The summed E-state index contributed by atoms with van der Waals surface area (Å²) in [5, 5.41) is 5.40. The maximum atomic E-state index is 10.4. The van der Waals surface area contributed by atoms with E-state index in [9.17, 15) is 4.79 Å². The summed E-state index contributed by atoms with van der Waals surface area (Å²) in [5.41, 5.74) is 0. The van der Waals surface area contributed by atoms with Crippen LogP contribution in [0.2, 0.25) is 0 Å². The van der Waals surface area contributed by atoms with E-state index >= 15 is 0 Å². The van der Waals surface area contributed by atoms with Gasteiger partial charge in [-0.1, -0.05) is 0 Å². The van der Waals surface area contributed by atoms with Gasteiger partial charge in [0.25, 0.3) is 0 Å². The second-order valence-electron chi connectivity index (χ2n) is 1.83. The van der Waals surface area contributed by atoms with Gasteiger partial charge in [0.2, 0.25) is 5.90 Å². The predicted octanol–water partition coefficient (Wildman–Crippen LogP) is -0.989.